The molecule has 0 spiro atoms. The number of hydrogen-bond acceptors (Lipinski definition) is 4. The van der Waals surface area contributed by atoms with E-state index in [4.69, 9.17) is 21.1 Å². The Balaban J connectivity index is 1.22. The van der Waals surface area contributed by atoms with Gasteiger partial charge in [0.25, 0.3) is 5.91 Å². The number of nitrogens with one attached hydrogen (secondary N) is 2. The summed E-state index contributed by atoms with van der Waals surface area (Å²) >= 11 is 5.61. The highest BCUT2D eigenvalue weighted by Gasteiger charge is 2.72. The van der Waals surface area contributed by atoms with Crippen LogP contribution in [-0.4, -0.2) is 31.1 Å². The molecule has 3 aliphatic carbocycles. The van der Waals surface area contributed by atoms with E-state index in [1.54, 1.807) is 6.07 Å². The van der Waals surface area contributed by atoms with Crippen LogP contribution in [0.25, 0.3) is 0 Å². The molecule has 2 bridgehead atoms. The summed E-state index contributed by atoms with van der Waals surface area (Å²) < 4.78 is 37.3. The second-order valence-electron chi connectivity index (χ2n) is 8.19. The molecule has 0 atom stereocenters. The number of carbonyl (C=O) groups excluding carboxylic acids is 2. The number of hydrogen-bond donors (Lipinski definition) is 2. The second-order valence-corrected chi connectivity index (χ2v) is 8.59. The summed E-state index contributed by atoms with van der Waals surface area (Å²) in [6, 6.07) is 8.23. The third-order valence-corrected chi connectivity index (χ3v) is 6.10. The normalized spacial score (nSPS) is 23.2. The lowest BCUT2D eigenvalue weighted by atomic mass is 9.39. The van der Waals surface area contributed by atoms with Crippen molar-refractivity contribution >= 4 is 23.4 Å². The smallest absolute Gasteiger partial charge is 0.258 e. The predicted octanol–water partition coefficient (Wildman–Crippen LogP) is 3.36. The molecular weight excluding hydrogens is 430 g/mol. The molecule has 2 aromatic rings. The highest BCUT2D eigenvalue weighted by Crippen LogP contribution is 2.67. The van der Waals surface area contributed by atoms with Crippen molar-refractivity contribution in [1.82, 2.24) is 10.6 Å². The van der Waals surface area contributed by atoms with Crippen molar-refractivity contribution in [3.05, 3.63) is 58.6 Å². The molecule has 2 amide bonds. The van der Waals surface area contributed by atoms with Gasteiger partial charge in [0.2, 0.25) is 5.91 Å². The van der Waals surface area contributed by atoms with Crippen LogP contribution in [0.2, 0.25) is 5.02 Å². The van der Waals surface area contributed by atoms with Gasteiger partial charge >= 0.3 is 0 Å². The van der Waals surface area contributed by atoms with E-state index >= 15 is 0 Å². The summed E-state index contributed by atoms with van der Waals surface area (Å²) in [6.45, 7) is -0.0665. The largest absolute Gasteiger partial charge is 0.497 e. The summed E-state index contributed by atoms with van der Waals surface area (Å²) in [5, 5.41) is 5.72. The maximum atomic E-state index is 13.6. The van der Waals surface area contributed by atoms with E-state index < -0.39 is 22.6 Å². The summed E-state index contributed by atoms with van der Waals surface area (Å²) in [6.07, 6.45) is 1.62. The molecular formula is C22H21ClF2N2O4. The predicted molar refractivity (Wildman–Crippen MR) is 109 cm³/mol. The molecule has 164 valence electrons. The molecule has 0 saturated heterocycles. The number of benzene rings is 2. The number of methoxy groups -OCH3 is 1. The van der Waals surface area contributed by atoms with Crippen molar-refractivity contribution in [2.45, 2.75) is 31.3 Å². The third-order valence-electron chi connectivity index (χ3n) is 5.80. The van der Waals surface area contributed by atoms with Crippen LogP contribution in [0, 0.1) is 17.0 Å². The lowest BCUT2D eigenvalue weighted by molar-refractivity contribution is -0.184. The van der Waals surface area contributed by atoms with Gasteiger partial charge in [-0.1, -0.05) is 11.6 Å². The van der Waals surface area contributed by atoms with Crippen LogP contribution >= 0.6 is 11.6 Å². The number of carbonyl (C=O) groups is 2. The van der Waals surface area contributed by atoms with Crippen LogP contribution in [0.5, 0.6) is 11.5 Å². The number of ether oxygens (including phenoxy) is 2. The van der Waals surface area contributed by atoms with Crippen LogP contribution < -0.4 is 20.1 Å². The monoisotopic (exact) mass is 450 g/mol. The Bertz CT molecular complexity index is 1030. The van der Waals surface area contributed by atoms with Gasteiger partial charge in [-0.25, -0.2) is 8.78 Å². The second kappa shape index (κ2) is 8.00. The van der Waals surface area contributed by atoms with Gasteiger partial charge in [-0.15, -0.1) is 0 Å². The molecule has 2 aromatic carbocycles. The Morgan fingerprint density at radius 2 is 1.84 bits per heavy atom. The Labute approximate surface area is 182 Å². The first-order valence-electron chi connectivity index (χ1n) is 9.73. The molecule has 0 aromatic heterocycles. The SMILES string of the molecule is COc1cc(F)cc(CNC(=O)C23CC(NC(=O)COc4ccc(Cl)c(F)c4)(C2)C3)c1. The fraction of sp³-hybridized carbons (Fsp3) is 0.364. The van der Waals surface area contributed by atoms with Crippen molar-refractivity contribution in [2.75, 3.05) is 13.7 Å². The van der Waals surface area contributed by atoms with Crippen molar-refractivity contribution in [3.8, 4) is 11.5 Å². The topological polar surface area (TPSA) is 76.7 Å². The van der Waals surface area contributed by atoms with Gasteiger partial charge in [0.05, 0.1) is 17.5 Å². The average Bonchev–Trinajstić information content (AvgIpc) is 2.68. The minimum atomic E-state index is -0.622. The van der Waals surface area contributed by atoms with E-state index in [-0.39, 0.29) is 35.7 Å². The van der Waals surface area contributed by atoms with Crippen molar-refractivity contribution in [2.24, 2.45) is 5.41 Å². The minimum Gasteiger partial charge on any atom is -0.497 e. The van der Waals surface area contributed by atoms with Gasteiger partial charge in [-0.05, 0) is 49.1 Å². The standard InChI is InChI=1S/C22H21ClF2N2O4/c1-30-16-5-13(4-14(24)6-16)8-26-20(29)21-10-22(11-21,12-21)27-19(28)9-31-15-2-3-17(23)18(25)7-15/h2-7H,8-12H2,1H3,(H,26,29)(H,27,28). The minimum absolute atomic E-state index is 0.0224. The molecule has 31 heavy (non-hydrogen) atoms. The Morgan fingerprint density at radius 1 is 1.10 bits per heavy atom. The molecule has 2 N–H and O–H groups in total. The molecule has 0 aliphatic heterocycles. The molecule has 0 heterocycles. The fourth-order valence-electron chi connectivity index (χ4n) is 4.42. The van der Waals surface area contributed by atoms with Crippen molar-refractivity contribution < 1.29 is 27.8 Å². The van der Waals surface area contributed by atoms with Gasteiger partial charge in [0.1, 0.15) is 23.1 Å². The molecule has 0 unspecified atom stereocenters. The summed E-state index contributed by atoms with van der Waals surface area (Å²) in [7, 11) is 1.45. The highest BCUT2D eigenvalue weighted by molar-refractivity contribution is 6.30. The van der Waals surface area contributed by atoms with Crippen LogP contribution in [0.1, 0.15) is 24.8 Å². The Morgan fingerprint density at radius 3 is 2.52 bits per heavy atom. The first-order valence-corrected chi connectivity index (χ1v) is 10.1. The highest BCUT2D eigenvalue weighted by atomic mass is 35.5. The zero-order valence-electron chi connectivity index (χ0n) is 16.8. The number of rotatable bonds is 8. The maximum Gasteiger partial charge on any atom is 0.258 e. The molecule has 3 fully saturated rings. The van der Waals surface area contributed by atoms with Gasteiger partial charge in [0.15, 0.2) is 6.61 Å². The molecule has 3 aliphatic rings. The van der Waals surface area contributed by atoms with E-state index in [2.05, 4.69) is 10.6 Å². The van der Waals surface area contributed by atoms with Crippen molar-refractivity contribution in [3.63, 3.8) is 0 Å². The van der Waals surface area contributed by atoms with E-state index in [1.807, 2.05) is 0 Å². The maximum absolute atomic E-state index is 13.6. The molecule has 5 rings (SSSR count). The summed E-state index contributed by atoms with van der Waals surface area (Å²) in [5.74, 6) is -0.905. The zero-order chi connectivity index (χ0) is 22.2. The summed E-state index contributed by atoms with van der Waals surface area (Å²) in [4.78, 5) is 24.8. The molecule has 6 nitrogen and oxygen atoms in total. The van der Waals surface area contributed by atoms with Crippen LogP contribution in [0.3, 0.4) is 0 Å². The van der Waals surface area contributed by atoms with E-state index in [0.29, 0.717) is 30.6 Å². The molecule has 0 radical (unpaired) electrons. The lowest BCUT2D eigenvalue weighted by Gasteiger charge is -2.69. The average molecular weight is 451 g/mol. The van der Waals surface area contributed by atoms with Crippen LogP contribution in [0.15, 0.2) is 36.4 Å². The van der Waals surface area contributed by atoms with Gasteiger partial charge in [0, 0.05) is 24.2 Å². The van der Waals surface area contributed by atoms with Crippen molar-refractivity contribution in [1.29, 1.82) is 0 Å². The van der Waals surface area contributed by atoms with Gasteiger partial charge in [-0.2, -0.15) is 0 Å². The zero-order valence-corrected chi connectivity index (χ0v) is 17.5. The van der Waals surface area contributed by atoms with Crippen LogP contribution in [-0.2, 0) is 16.1 Å². The van der Waals surface area contributed by atoms with Gasteiger partial charge < -0.3 is 20.1 Å². The van der Waals surface area contributed by atoms with Crippen LogP contribution in [0.4, 0.5) is 8.78 Å². The molecule has 9 heteroatoms. The first-order chi connectivity index (χ1) is 14.7. The lowest BCUT2D eigenvalue weighted by Crippen LogP contribution is -2.78. The first kappa shape index (κ1) is 21.4. The third kappa shape index (κ3) is 4.30. The Kier molecular flexibility index (Phi) is 5.51. The number of amides is 2. The van der Waals surface area contributed by atoms with E-state index in [0.717, 1.165) is 6.07 Å². The molecule has 3 saturated carbocycles. The quantitative estimate of drug-likeness (QED) is 0.646. The fourth-order valence-corrected chi connectivity index (χ4v) is 4.54. The number of halogens is 3. The summed E-state index contributed by atoms with van der Waals surface area (Å²) in [5.41, 5.74) is -0.286. The van der Waals surface area contributed by atoms with E-state index in [1.165, 1.54) is 31.4 Å². The van der Waals surface area contributed by atoms with E-state index in [9.17, 15) is 18.4 Å². The van der Waals surface area contributed by atoms with Gasteiger partial charge in [-0.3, -0.25) is 9.59 Å². The Hall–Kier alpha value is -2.87.